The predicted molar refractivity (Wildman–Crippen MR) is 133 cm³/mol. The molecule has 3 aromatic rings. The topological polar surface area (TPSA) is 82.5 Å². The minimum absolute atomic E-state index is 0.0312. The number of amides is 2. The van der Waals surface area contributed by atoms with Gasteiger partial charge in [-0.1, -0.05) is 44.5 Å². The monoisotopic (exact) mass is 483 g/mol. The first-order valence-electron chi connectivity index (χ1n) is 10.3. The fraction of sp³-hybridized carbons (Fsp3) is 0.240. The van der Waals surface area contributed by atoms with Crippen LogP contribution in [0.2, 0.25) is 5.02 Å². The molecule has 172 valence electrons. The van der Waals surface area contributed by atoms with Gasteiger partial charge in [-0.15, -0.1) is 0 Å². The van der Waals surface area contributed by atoms with Crippen molar-refractivity contribution >= 4 is 41.6 Å². The van der Waals surface area contributed by atoms with Crippen LogP contribution in [0.3, 0.4) is 0 Å². The Balaban J connectivity index is 1.85. The molecule has 1 aromatic heterocycles. The lowest BCUT2D eigenvalue weighted by Crippen LogP contribution is -2.30. The van der Waals surface area contributed by atoms with Crippen LogP contribution >= 0.6 is 23.5 Å². The van der Waals surface area contributed by atoms with Gasteiger partial charge >= 0.3 is 0 Å². The molecule has 0 aliphatic rings. The summed E-state index contributed by atoms with van der Waals surface area (Å²) in [6, 6.07) is 13.1. The van der Waals surface area contributed by atoms with Crippen molar-refractivity contribution in [2.75, 3.05) is 4.72 Å². The van der Waals surface area contributed by atoms with Crippen molar-refractivity contribution in [3.05, 3.63) is 82.1 Å². The fourth-order valence-corrected chi connectivity index (χ4v) is 4.07. The van der Waals surface area contributed by atoms with Crippen molar-refractivity contribution in [1.29, 1.82) is 0 Å². The molecule has 0 radical (unpaired) electrons. The zero-order valence-electron chi connectivity index (χ0n) is 18.9. The molecule has 2 N–H and O–H groups in total. The van der Waals surface area contributed by atoms with E-state index in [1.54, 1.807) is 19.1 Å². The van der Waals surface area contributed by atoms with Gasteiger partial charge in [0.1, 0.15) is 5.75 Å². The molecule has 0 aliphatic carbocycles. The highest BCUT2D eigenvalue weighted by atomic mass is 35.5. The summed E-state index contributed by atoms with van der Waals surface area (Å²) in [5.41, 5.74) is 3.24. The lowest BCUT2D eigenvalue weighted by atomic mass is 9.87. The van der Waals surface area contributed by atoms with Gasteiger partial charge in [0.05, 0.1) is 24.0 Å². The van der Waals surface area contributed by atoms with Crippen LogP contribution in [-0.2, 0) is 16.8 Å². The van der Waals surface area contributed by atoms with Crippen LogP contribution in [0.1, 0.15) is 47.8 Å². The van der Waals surface area contributed by atoms with Crippen LogP contribution in [0.4, 0.5) is 5.69 Å². The molecule has 8 heteroatoms. The van der Waals surface area contributed by atoms with Crippen LogP contribution in [0.25, 0.3) is 0 Å². The standard InChI is InChI=1S/C25H26ClN3O3S/c1-16-21(26)9-10-22(28-33-20-7-5-18(6-8-20)25(2,3)4)23(16)24(32)29(15-30)14-17-11-19(31)13-27-12-17/h5-13,15,28,31H,14H2,1-4H3. The zero-order valence-corrected chi connectivity index (χ0v) is 20.5. The number of pyridine rings is 1. The molecule has 0 spiro atoms. The molecule has 2 aromatic carbocycles. The zero-order chi connectivity index (χ0) is 24.2. The molecule has 1 heterocycles. The normalized spacial score (nSPS) is 11.2. The number of carbonyl (C=O) groups excluding carboxylic acids is 2. The number of aromatic nitrogens is 1. The van der Waals surface area contributed by atoms with Gasteiger partial charge in [0, 0.05) is 16.1 Å². The Morgan fingerprint density at radius 2 is 1.88 bits per heavy atom. The number of imide groups is 1. The van der Waals surface area contributed by atoms with Crippen LogP contribution in [-0.4, -0.2) is 27.3 Å². The summed E-state index contributed by atoms with van der Waals surface area (Å²) < 4.78 is 3.23. The van der Waals surface area contributed by atoms with Gasteiger partial charge < -0.3 is 9.83 Å². The average molecular weight is 484 g/mol. The molecule has 0 fully saturated rings. The highest BCUT2D eigenvalue weighted by Gasteiger charge is 2.23. The summed E-state index contributed by atoms with van der Waals surface area (Å²) in [7, 11) is 0. The summed E-state index contributed by atoms with van der Waals surface area (Å²) in [5, 5.41) is 10.1. The first-order chi connectivity index (χ1) is 15.6. The average Bonchev–Trinajstić information content (AvgIpc) is 2.77. The molecule has 6 nitrogen and oxygen atoms in total. The van der Waals surface area contributed by atoms with E-state index in [1.807, 2.05) is 12.1 Å². The number of rotatable bonds is 7. The Morgan fingerprint density at radius 3 is 2.48 bits per heavy atom. The second kappa shape index (κ2) is 10.3. The summed E-state index contributed by atoms with van der Waals surface area (Å²) in [5.74, 6) is -0.541. The SMILES string of the molecule is Cc1c(Cl)ccc(NSc2ccc(C(C)(C)C)cc2)c1C(=O)N(C=O)Cc1cncc(O)c1. The summed E-state index contributed by atoms with van der Waals surface area (Å²) in [6.07, 6.45) is 3.24. The van der Waals surface area contributed by atoms with Gasteiger partial charge in [-0.25, -0.2) is 0 Å². The number of carbonyl (C=O) groups is 2. The van der Waals surface area contributed by atoms with E-state index in [0.717, 1.165) is 9.80 Å². The van der Waals surface area contributed by atoms with Gasteiger partial charge in [0.15, 0.2) is 0 Å². The maximum atomic E-state index is 13.3. The molecular formula is C25H26ClN3O3S. The van der Waals surface area contributed by atoms with E-state index in [0.29, 0.717) is 33.8 Å². The Morgan fingerprint density at radius 1 is 1.18 bits per heavy atom. The number of hydrogen-bond donors (Lipinski definition) is 2. The second-order valence-electron chi connectivity index (χ2n) is 8.66. The lowest BCUT2D eigenvalue weighted by molar-refractivity contribution is -0.116. The van der Waals surface area contributed by atoms with Crippen LogP contribution < -0.4 is 4.72 Å². The summed E-state index contributed by atoms with van der Waals surface area (Å²) >= 11 is 7.67. The molecular weight excluding hydrogens is 458 g/mol. The maximum absolute atomic E-state index is 13.3. The van der Waals surface area contributed by atoms with Gasteiger partial charge in [0.25, 0.3) is 5.91 Å². The smallest absolute Gasteiger partial charge is 0.263 e. The van der Waals surface area contributed by atoms with Crippen molar-refractivity contribution in [1.82, 2.24) is 9.88 Å². The van der Waals surface area contributed by atoms with E-state index in [-0.39, 0.29) is 17.7 Å². The van der Waals surface area contributed by atoms with Gasteiger partial charge in [-0.2, -0.15) is 0 Å². The molecule has 33 heavy (non-hydrogen) atoms. The number of anilines is 1. The molecule has 0 unspecified atom stereocenters. The summed E-state index contributed by atoms with van der Waals surface area (Å²) in [4.78, 5) is 31.0. The molecule has 0 saturated heterocycles. The van der Waals surface area contributed by atoms with Crippen molar-refractivity contribution in [3.63, 3.8) is 0 Å². The van der Waals surface area contributed by atoms with E-state index in [1.165, 1.54) is 36.0 Å². The molecule has 0 bridgehead atoms. The Labute approximate surface area is 203 Å². The maximum Gasteiger partial charge on any atom is 0.263 e. The van der Waals surface area contributed by atoms with Crippen molar-refractivity contribution in [2.45, 2.75) is 44.6 Å². The Hall–Kier alpha value is -3.03. The number of nitrogens with one attached hydrogen (secondary N) is 1. The third-order valence-corrected chi connectivity index (χ3v) is 6.37. The van der Waals surface area contributed by atoms with Gasteiger partial charge in [-0.3, -0.25) is 19.5 Å². The molecule has 0 atom stereocenters. The first kappa shape index (κ1) is 24.6. The molecule has 0 aliphatic heterocycles. The highest BCUT2D eigenvalue weighted by molar-refractivity contribution is 8.00. The largest absolute Gasteiger partial charge is 0.506 e. The van der Waals surface area contributed by atoms with E-state index >= 15 is 0 Å². The van der Waals surface area contributed by atoms with Crippen LogP contribution in [0, 0.1) is 6.92 Å². The first-order valence-corrected chi connectivity index (χ1v) is 11.5. The number of halogens is 1. The van der Waals surface area contributed by atoms with E-state index < -0.39 is 5.91 Å². The quantitative estimate of drug-likeness (QED) is 0.318. The number of benzene rings is 2. The van der Waals surface area contributed by atoms with E-state index in [4.69, 9.17) is 11.6 Å². The third-order valence-electron chi connectivity index (χ3n) is 5.13. The van der Waals surface area contributed by atoms with Crippen molar-refractivity contribution < 1.29 is 14.7 Å². The number of nitrogens with zero attached hydrogens (tertiary/aromatic N) is 2. The third kappa shape index (κ3) is 6.06. The van der Waals surface area contributed by atoms with Crippen molar-refractivity contribution in [3.8, 4) is 5.75 Å². The number of aromatic hydroxyl groups is 1. The molecule has 0 saturated carbocycles. The Kier molecular flexibility index (Phi) is 7.66. The van der Waals surface area contributed by atoms with Gasteiger partial charge in [-0.05, 0) is 71.3 Å². The number of hydrogen-bond acceptors (Lipinski definition) is 6. The van der Waals surface area contributed by atoms with Crippen LogP contribution in [0.15, 0.2) is 59.8 Å². The fourth-order valence-electron chi connectivity index (χ4n) is 3.24. The second-order valence-corrected chi connectivity index (χ2v) is 9.95. The highest BCUT2D eigenvalue weighted by Crippen LogP contribution is 2.32. The van der Waals surface area contributed by atoms with Crippen molar-refractivity contribution in [2.24, 2.45) is 0 Å². The van der Waals surface area contributed by atoms with Crippen LogP contribution in [0.5, 0.6) is 5.75 Å². The predicted octanol–water partition coefficient (Wildman–Crippen LogP) is 5.96. The van der Waals surface area contributed by atoms with E-state index in [2.05, 4.69) is 42.6 Å². The molecule has 2 amide bonds. The van der Waals surface area contributed by atoms with Gasteiger partial charge in [0.2, 0.25) is 6.41 Å². The minimum Gasteiger partial charge on any atom is -0.506 e. The molecule has 3 rings (SSSR count). The Bertz CT molecular complexity index is 1160. The van der Waals surface area contributed by atoms with E-state index in [9.17, 15) is 14.7 Å². The lowest BCUT2D eigenvalue weighted by Gasteiger charge is -2.21. The summed E-state index contributed by atoms with van der Waals surface area (Å²) in [6.45, 7) is 8.19. The minimum atomic E-state index is -0.500.